The third kappa shape index (κ3) is 1.39. The maximum Gasteiger partial charge on any atom is 0.0570 e. The topological polar surface area (TPSA) is 36.2 Å². The minimum Gasteiger partial charge on any atom is -0.264 e. The van der Waals surface area contributed by atoms with Gasteiger partial charge >= 0.3 is 0 Å². The predicted molar refractivity (Wildman–Crippen MR) is 38.4 cm³/mol. The largest absolute Gasteiger partial charge is 0.264 e. The van der Waals surface area contributed by atoms with E-state index >= 15 is 0 Å². The van der Waals surface area contributed by atoms with Crippen LogP contribution in [0.2, 0.25) is 0 Å². The van der Waals surface area contributed by atoms with Crippen molar-refractivity contribution in [3.63, 3.8) is 0 Å². The van der Waals surface area contributed by atoms with Crippen molar-refractivity contribution < 1.29 is 0 Å². The molecule has 1 radical (unpaired) electrons. The Morgan fingerprint density at radius 3 is 2.67 bits per heavy atom. The minimum absolute atomic E-state index is 0.126. The van der Waals surface area contributed by atoms with E-state index in [1.54, 1.807) is 0 Å². The van der Waals surface area contributed by atoms with Gasteiger partial charge in [0.2, 0.25) is 0 Å². The van der Waals surface area contributed by atoms with Crippen LogP contribution in [0.3, 0.4) is 0 Å². The van der Waals surface area contributed by atoms with Gasteiger partial charge < -0.3 is 0 Å². The summed E-state index contributed by atoms with van der Waals surface area (Å²) in [7, 11) is 0. The Kier molecular flexibility index (Phi) is 1.67. The first-order valence-electron chi connectivity index (χ1n) is 3.13. The van der Waals surface area contributed by atoms with Crippen LogP contribution in [-0.4, -0.2) is 11.8 Å². The number of nitrogens with one attached hydrogen (secondary N) is 1. The molecule has 0 aromatic rings. The molecule has 0 bridgehead atoms. The summed E-state index contributed by atoms with van der Waals surface area (Å²) in [5, 5.41) is 0. The fourth-order valence-electron chi connectivity index (χ4n) is 0.835. The quantitative estimate of drug-likeness (QED) is 0.505. The van der Waals surface area contributed by atoms with Crippen molar-refractivity contribution in [2.24, 2.45) is 4.99 Å². The molecular formula is C7H11N2. The number of nitrogens with zero attached hydrogens (tertiary/aromatic N) is 1. The predicted octanol–water partition coefficient (Wildman–Crippen LogP) is 1.41. The summed E-state index contributed by atoms with van der Waals surface area (Å²) in [4.78, 5) is 4.08. The van der Waals surface area contributed by atoms with Crippen LogP contribution >= 0.6 is 0 Å². The maximum absolute atomic E-state index is 7.30. The van der Waals surface area contributed by atoms with Crippen LogP contribution in [0.4, 0.5) is 0 Å². The van der Waals surface area contributed by atoms with Crippen LogP contribution in [0.25, 0.3) is 0 Å². The van der Waals surface area contributed by atoms with E-state index in [4.69, 9.17) is 5.73 Å². The van der Waals surface area contributed by atoms with E-state index in [-0.39, 0.29) is 6.04 Å². The lowest BCUT2D eigenvalue weighted by Crippen LogP contribution is -2.15. The zero-order valence-corrected chi connectivity index (χ0v) is 5.81. The van der Waals surface area contributed by atoms with Crippen LogP contribution < -0.4 is 5.73 Å². The third-order valence-electron chi connectivity index (χ3n) is 1.41. The van der Waals surface area contributed by atoms with Gasteiger partial charge in [0.05, 0.1) is 6.04 Å². The molecule has 1 aliphatic heterocycles. The molecule has 0 aromatic heterocycles. The molecule has 0 amide bonds. The van der Waals surface area contributed by atoms with Crippen LogP contribution in [0, 0.1) is 0 Å². The summed E-state index contributed by atoms with van der Waals surface area (Å²) in [6.07, 6.45) is 2.76. The molecule has 1 heterocycles. The highest BCUT2D eigenvalue weighted by molar-refractivity contribution is 5.92. The molecule has 0 aromatic carbocycles. The van der Waals surface area contributed by atoms with Gasteiger partial charge in [-0.15, -0.1) is 0 Å². The number of allylic oxidation sites excluding steroid dienone is 1. The summed E-state index contributed by atoms with van der Waals surface area (Å²) < 4.78 is 0. The average molecular weight is 123 g/mol. The van der Waals surface area contributed by atoms with Crippen molar-refractivity contribution in [3.05, 3.63) is 11.8 Å². The van der Waals surface area contributed by atoms with Crippen molar-refractivity contribution >= 4 is 5.71 Å². The van der Waals surface area contributed by atoms with Crippen LogP contribution in [0.5, 0.6) is 0 Å². The molecule has 1 rings (SSSR count). The first-order chi connectivity index (χ1) is 4.20. The summed E-state index contributed by atoms with van der Waals surface area (Å²) in [5.41, 5.74) is 9.56. The minimum atomic E-state index is -0.126. The van der Waals surface area contributed by atoms with Gasteiger partial charge in [0, 0.05) is 18.3 Å². The van der Waals surface area contributed by atoms with Gasteiger partial charge in [0.15, 0.2) is 0 Å². The maximum atomic E-state index is 7.30. The van der Waals surface area contributed by atoms with E-state index < -0.39 is 0 Å². The van der Waals surface area contributed by atoms with Gasteiger partial charge in [-0.2, -0.15) is 0 Å². The highest BCUT2D eigenvalue weighted by Crippen LogP contribution is 2.11. The molecule has 9 heavy (non-hydrogen) atoms. The first kappa shape index (κ1) is 6.49. The second kappa shape index (κ2) is 2.31. The molecule has 0 unspecified atom stereocenters. The lowest BCUT2D eigenvalue weighted by molar-refractivity contribution is 0.921. The standard InChI is InChI=1S/C7H11N2/c1-5-3-7(6(2)8)9-4-5/h4,6,8H,3H2,1-2H3/t6-/m1/s1. The Morgan fingerprint density at radius 2 is 2.44 bits per heavy atom. The highest BCUT2D eigenvalue weighted by Gasteiger charge is 2.09. The Bertz CT molecular complexity index is 166. The fraction of sp³-hybridized carbons (Fsp3) is 0.571. The molecule has 1 atom stereocenters. The van der Waals surface area contributed by atoms with Crippen molar-refractivity contribution in [2.75, 3.05) is 0 Å². The second-order valence-corrected chi connectivity index (χ2v) is 2.49. The van der Waals surface area contributed by atoms with Crippen molar-refractivity contribution in [2.45, 2.75) is 26.3 Å². The molecule has 2 heteroatoms. The smallest absolute Gasteiger partial charge is 0.0570 e. The van der Waals surface area contributed by atoms with Crippen molar-refractivity contribution in [1.82, 2.24) is 5.73 Å². The monoisotopic (exact) mass is 123 g/mol. The molecule has 0 fully saturated rings. The summed E-state index contributed by atoms with van der Waals surface area (Å²) >= 11 is 0. The fourth-order valence-corrected chi connectivity index (χ4v) is 0.835. The summed E-state index contributed by atoms with van der Waals surface area (Å²) in [6, 6.07) is -0.126. The normalized spacial score (nSPS) is 21.2. The lowest BCUT2D eigenvalue weighted by atomic mass is 10.1. The van der Waals surface area contributed by atoms with E-state index in [0.29, 0.717) is 0 Å². The van der Waals surface area contributed by atoms with Gasteiger partial charge in [-0.3, -0.25) is 4.99 Å². The molecule has 0 saturated heterocycles. The number of aliphatic imine (C=N–C) groups is 1. The van der Waals surface area contributed by atoms with Gasteiger partial charge in [-0.1, -0.05) is 0 Å². The summed E-state index contributed by atoms with van der Waals surface area (Å²) in [5.74, 6) is 0. The van der Waals surface area contributed by atoms with E-state index in [1.165, 1.54) is 5.57 Å². The molecule has 0 spiro atoms. The van der Waals surface area contributed by atoms with Crippen molar-refractivity contribution in [1.29, 1.82) is 0 Å². The number of hydrogen-bond donors (Lipinski definition) is 0. The molecular weight excluding hydrogens is 112 g/mol. The Labute approximate surface area is 55.5 Å². The molecule has 0 saturated carbocycles. The van der Waals surface area contributed by atoms with Gasteiger partial charge in [-0.25, -0.2) is 5.73 Å². The first-order valence-corrected chi connectivity index (χ1v) is 3.13. The lowest BCUT2D eigenvalue weighted by Gasteiger charge is -2.01. The number of rotatable bonds is 1. The zero-order chi connectivity index (χ0) is 6.85. The Hall–Kier alpha value is -0.630. The molecule has 1 N–H and O–H groups in total. The third-order valence-corrected chi connectivity index (χ3v) is 1.41. The SMILES string of the molecule is CC1=CN=C([C@@H](C)[NH])C1. The average Bonchev–Trinajstić information content (AvgIpc) is 2.14. The molecule has 2 nitrogen and oxygen atoms in total. The van der Waals surface area contributed by atoms with E-state index in [1.807, 2.05) is 20.0 Å². The van der Waals surface area contributed by atoms with Crippen molar-refractivity contribution in [3.8, 4) is 0 Å². The highest BCUT2D eigenvalue weighted by atomic mass is 14.8. The van der Waals surface area contributed by atoms with Crippen LogP contribution in [0.1, 0.15) is 20.3 Å². The second-order valence-electron chi connectivity index (χ2n) is 2.49. The van der Waals surface area contributed by atoms with Gasteiger partial charge in [0.1, 0.15) is 0 Å². The molecule has 49 valence electrons. The zero-order valence-electron chi connectivity index (χ0n) is 5.81. The van der Waals surface area contributed by atoms with Gasteiger partial charge in [-0.05, 0) is 19.4 Å². The Balaban J connectivity index is 2.54. The van der Waals surface area contributed by atoms with Gasteiger partial charge in [0.25, 0.3) is 0 Å². The molecule has 1 aliphatic rings. The van der Waals surface area contributed by atoms with E-state index in [0.717, 1.165) is 12.1 Å². The van der Waals surface area contributed by atoms with E-state index in [2.05, 4.69) is 4.99 Å². The van der Waals surface area contributed by atoms with Crippen LogP contribution in [-0.2, 0) is 0 Å². The Morgan fingerprint density at radius 1 is 1.78 bits per heavy atom. The summed E-state index contributed by atoms with van der Waals surface area (Å²) in [6.45, 7) is 3.89. The van der Waals surface area contributed by atoms with Crippen LogP contribution in [0.15, 0.2) is 16.8 Å². The number of hydrogen-bond acceptors (Lipinski definition) is 1. The van der Waals surface area contributed by atoms with E-state index in [9.17, 15) is 0 Å². The molecule has 0 aliphatic carbocycles.